The molecule has 0 aliphatic carbocycles. The van der Waals surface area contributed by atoms with Crippen molar-refractivity contribution in [1.82, 2.24) is 15.4 Å². The fraction of sp³-hybridized carbons (Fsp3) is 0.231. The predicted molar refractivity (Wildman–Crippen MR) is 71.4 cm³/mol. The molecule has 1 atom stereocenters. The zero-order valence-electron chi connectivity index (χ0n) is 10.3. The van der Waals surface area contributed by atoms with Crippen LogP contribution in [0.1, 0.15) is 22.7 Å². The van der Waals surface area contributed by atoms with Crippen LogP contribution in [0, 0.1) is 6.92 Å². The van der Waals surface area contributed by atoms with Gasteiger partial charge >= 0.3 is 0 Å². The molecule has 0 aromatic carbocycles. The minimum absolute atomic E-state index is 0.000463. The number of nitrogens with two attached hydrogens (primary N) is 2. The highest BCUT2D eigenvalue weighted by molar-refractivity contribution is 5.40. The van der Waals surface area contributed by atoms with Crippen molar-refractivity contribution in [3.05, 3.63) is 53.5 Å². The number of hydrogen-bond donors (Lipinski definition) is 3. The average molecular weight is 243 g/mol. The Balaban J connectivity index is 2.26. The van der Waals surface area contributed by atoms with Crippen molar-refractivity contribution in [2.45, 2.75) is 19.4 Å². The molecule has 0 amide bonds. The van der Waals surface area contributed by atoms with Crippen LogP contribution >= 0.6 is 0 Å². The third kappa shape index (κ3) is 2.64. The van der Waals surface area contributed by atoms with E-state index in [0.29, 0.717) is 12.2 Å². The van der Waals surface area contributed by atoms with Crippen LogP contribution in [0.3, 0.4) is 0 Å². The van der Waals surface area contributed by atoms with Crippen molar-refractivity contribution in [2.24, 2.45) is 5.84 Å². The van der Waals surface area contributed by atoms with Crippen LogP contribution in [-0.4, -0.2) is 9.97 Å². The number of nitrogens with one attached hydrogen (secondary N) is 1. The van der Waals surface area contributed by atoms with Gasteiger partial charge in [-0.25, -0.2) is 4.98 Å². The first-order valence-electron chi connectivity index (χ1n) is 5.78. The second-order valence-electron chi connectivity index (χ2n) is 4.20. The maximum absolute atomic E-state index is 5.85. The second-order valence-corrected chi connectivity index (χ2v) is 4.20. The van der Waals surface area contributed by atoms with Gasteiger partial charge in [0.1, 0.15) is 5.82 Å². The first-order chi connectivity index (χ1) is 8.72. The van der Waals surface area contributed by atoms with Crippen LogP contribution in [-0.2, 0) is 6.42 Å². The van der Waals surface area contributed by atoms with Crippen molar-refractivity contribution in [3.63, 3.8) is 0 Å². The first-order valence-corrected chi connectivity index (χ1v) is 5.78. The highest BCUT2D eigenvalue weighted by Crippen LogP contribution is 2.22. The lowest BCUT2D eigenvalue weighted by Crippen LogP contribution is -2.30. The molecule has 94 valence electrons. The fourth-order valence-electron chi connectivity index (χ4n) is 1.98. The summed E-state index contributed by atoms with van der Waals surface area (Å²) in [5.41, 5.74) is 11.9. The number of nitrogens with zero attached hydrogens (tertiary/aromatic N) is 2. The Hall–Kier alpha value is -1.98. The van der Waals surface area contributed by atoms with Crippen molar-refractivity contribution in [2.75, 3.05) is 5.73 Å². The minimum Gasteiger partial charge on any atom is -0.383 e. The molecule has 0 spiro atoms. The van der Waals surface area contributed by atoms with Crippen LogP contribution in [0.5, 0.6) is 0 Å². The van der Waals surface area contributed by atoms with Crippen molar-refractivity contribution >= 4 is 5.82 Å². The largest absolute Gasteiger partial charge is 0.383 e. The van der Waals surface area contributed by atoms with E-state index < -0.39 is 0 Å². The van der Waals surface area contributed by atoms with E-state index in [1.165, 1.54) is 0 Å². The van der Waals surface area contributed by atoms with Crippen LogP contribution in [0.4, 0.5) is 5.82 Å². The zero-order chi connectivity index (χ0) is 13.0. The molecular formula is C13H17N5. The number of hydrogen-bond acceptors (Lipinski definition) is 5. The molecule has 0 aliphatic heterocycles. The summed E-state index contributed by atoms with van der Waals surface area (Å²) in [5, 5.41) is 0. The molecule has 0 saturated heterocycles. The molecule has 0 bridgehead atoms. The van der Waals surface area contributed by atoms with Gasteiger partial charge in [-0.1, -0.05) is 6.07 Å². The van der Waals surface area contributed by atoms with Crippen molar-refractivity contribution < 1.29 is 0 Å². The van der Waals surface area contributed by atoms with E-state index in [4.69, 9.17) is 11.6 Å². The van der Waals surface area contributed by atoms with Crippen molar-refractivity contribution in [1.29, 1.82) is 0 Å². The molecule has 2 aromatic heterocycles. The molecule has 0 fully saturated rings. The van der Waals surface area contributed by atoms with Gasteiger partial charge in [0.15, 0.2) is 0 Å². The van der Waals surface area contributed by atoms with Gasteiger partial charge in [-0.2, -0.15) is 0 Å². The molecule has 0 radical (unpaired) electrons. The Kier molecular flexibility index (Phi) is 3.86. The number of nitrogen functional groups attached to an aromatic ring is 1. The van der Waals surface area contributed by atoms with Gasteiger partial charge in [-0.15, -0.1) is 0 Å². The quantitative estimate of drug-likeness (QED) is 0.553. The maximum atomic E-state index is 5.85. The summed E-state index contributed by atoms with van der Waals surface area (Å²) in [6.07, 6.45) is 5.97. The Bertz CT molecular complexity index is 526. The van der Waals surface area contributed by atoms with Crippen molar-refractivity contribution in [3.8, 4) is 0 Å². The van der Waals surface area contributed by atoms with E-state index in [0.717, 1.165) is 16.7 Å². The lowest BCUT2D eigenvalue weighted by molar-refractivity contribution is 0.549. The summed E-state index contributed by atoms with van der Waals surface area (Å²) in [7, 11) is 0. The Morgan fingerprint density at radius 3 is 2.83 bits per heavy atom. The highest BCUT2D eigenvalue weighted by Gasteiger charge is 2.14. The summed E-state index contributed by atoms with van der Waals surface area (Å²) in [6, 6.07) is 5.80. The maximum Gasteiger partial charge on any atom is 0.126 e. The molecule has 5 N–H and O–H groups in total. The molecule has 2 rings (SSSR count). The predicted octanol–water partition coefficient (Wildman–Crippen LogP) is 1.11. The summed E-state index contributed by atoms with van der Waals surface area (Å²) < 4.78 is 0. The van der Waals surface area contributed by atoms with Crippen LogP contribution < -0.4 is 17.0 Å². The second kappa shape index (κ2) is 5.57. The standard InChI is InChI=1S/C13H17N5/c1-9-8-16-6-4-11(9)12(18-15)7-10-3-2-5-17-13(10)14/h2-6,8,12,18H,7,15H2,1H3,(H2,14,17). The molecule has 5 heteroatoms. The lowest BCUT2D eigenvalue weighted by Gasteiger charge is -2.18. The highest BCUT2D eigenvalue weighted by atomic mass is 15.2. The number of pyridine rings is 2. The molecule has 0 saturated carbocycles. The van der Waals surface area contributed by atoms with E-state index in [1.807, 2.05) is 31.3 Å². The third-order valence-corrected chi connectivity index (χ3v) is 2.99. The summed E-state index contributed by atoms with van der Waals surface area (Å²) in [6.45, 7) is 2.01. The molecule has 2 heterocycles. The number of aromatic nitrogens is 2. The Labute approximate surface area is 106 Å². The number of hydrazine groups is 1. The van der Waals surface area contributed by atoms with E-state index in [2.05, 4.69) is 15.4 Å². The Morgan fingerprint density at radius 2 is 2.17 bits per heavy atom. The van der Waals surface area contributed by atoms with Gasteiger partial charge < -0.3 is 5.73 Å². The monoisotopic (exact) mass is 243 g/mol. The molecule has 5 nitrogen and oxygen atoms in total. The average Bonchev–Trinajstić information content (AvgIpc) is 2.39. The first kappa shape index (κ1) is 12.5. The van der Waals surface area contributed by atoms with Gasteiger partial charge in [0.25, 0.3) is 0 Å². The Morgan fingerprint density at radius 1 is 1.33 bits per heavy atom. The van der Waals surface area contributed by atoms with E-state index in [-0.39, 0.29) is 6.04 Å². The molecular weight excluding hydrogens is 226 g/mol. The van der Waals surface area contributed by atoms with Crippen LogP contribution in [0.15, 0.2) is 36.8 Å². The summed E-state index contributed by atoms with van der Waals surface area (Å²) >= 11 is 0. The van der Waals surface area contributed by atoms with E-state index in [1.54, 1.807) is 12.4 Å². The topological polar surface area (TPSA) is 89.8 Å². The zero-order valence-corrected chi connectivity index (χ0v) is 10.3. The minimum atomic E-state index is -0.000463. The number of anilines is 1. The molecule has 18 heavy (non-hydrogen) atoms. The SMILES string of the molecule is Cc1cnccc1C(Cc1cccnc1N)NN. The van der Waals surface area contributed by atoms with Gasteiger partial charge in [0.2, 0.25) is 0 Å². The van der Waals surface area contributed by atoms with E-state index >= 15 is 0 Å². The molecule has 0 aliphatic rings. The van der Waals surface area contributed by atoms with Gasteiger partial charge in [-0.3, -0.25) is 16.3 Å². The summed E-state index contributed by atoms with van der Waals surface area (Å²) in [4.78, 5) is 8.16. The van der Waals surface area contributed by atoms with Crippen LogP contribution in [0.2, 0.25) is 0 Å². The van der Waals surface area contributed by atoms with E-state index in [9.17, 15) is 0 Å². The molecule has 1 unspecified atom stereocenters. The number of rotatable bonds is 4. The smallest absolute Gasteiger partial charge is 0.126 e. The van der Waals surface area contributed by atoms with Gasteiger partial charge in [-0.05, 0) is 42.2 Å². The fourth-order valence-corrected chi connectivity index (χ4v) is 1.98. The number of aryl methyl sites for hydroxylation is 1. The normalized spacial score (nSPS) is 12.3. The van der Waals surface area contributed by atoms with Crippen LogP contribution in [0.25, 0.3) is 0 Å². The lowest BCUT2D eigenvalue weighted by atomic mass is 9.97. The molecule has 2 aromatic rings. The van der Waals surface area contributed by atoms with Gasteiger partial charge in [0.05, 0.1) is 6.04 Å². The van der Waals surface area contributed by atoms with Gasteiger partial charge in [0, 0.05) is 18.6 Å². The third-order valence-electron chi connectivity index (χ3n) is 2.99. The summed E-state index contributed by atoms with van der Waals surface area (Å²) in [5.74, 6) is 6.19.